The lowest BCUT2D eigenvalue weighted by Crippen LogP contribution is -2.33. The molecule has 0 saturated heterocycles. The maximum atomic E-state index is 13.3. The fraction of sp³-hybridized carbons (Fsp3) is 0.182. The standard InChI is InChI=1S/C22H19NO5S2/c1-28-22(25)17(12-14-6-3-2-4-7-14)23-16-8-5-9-18-19(16)20(24)21-15(10-11-29-21)13-30(18,26)27/h2-11,17,23H,12-13H2,1H3. The molecule has 0 radical (unpaired) electrons. The van der Waals surface area contributed by atoms with Gasteiger partial charge in [-0.2, -0.15) is 0 Å². The van der Waals surface area contributed by atoms with Crippen LogP contribution in [0.25, 0.3) is 0 Å². The summed E-state index contributed by atoms with van der Waals surface area (Å²) < 4.78 is 30.8. The van der Waals surface area contributed by atoms with Crippen LogP contribution in [-0.4, -0.2) is 33.3 Å². The minimum absolute atomic E-state index is 0.0239. The average molecular weight is 442 g/mol. The largest absolute Gasteiger partial charge is 0.467 e. The Morgan fingerprint density at radius 2 is 1.90 bits per heavy atom. The Bertz CT molecular complexity index is 1220. The summed E-state index contributed by atoms with van der Waals surface area (Å²) in [6.07, 6.45) is 0.322. The number of sulfone groups is 1. The van der Waals surface area contributed by atoms with Crippen molar-refractivity contribution in [2.24, 2.45) is 0 Å². The van der Waals surface area contributed by atoms with Crippen LogP contribution in [-0.2, 0) is 31.5 Å². The molecule has 30 heavy (non-hydrogen) atoms. The summed E-state index contributed by atoms with van der Waals surface area (Å²) in [5.41, 5.74) is 1.78. The Labute approximate surface area is 178 Å². The molecule has 0 saturated carbocycles. The van der Waals surface area contributed by atoms with Crippen LogP contribution in [0.1, 0.15) is 26.4 Å². The van der Waals surface area contributed by atoms with E-state index in [-0.39, 0.29) is 22.0 Å². The summed E-state index contributed by atoms with van der Waals surface area (Å²) in [4.78, 5) is 26.1. The van der Waals surface area contributed by atoms with Gasteiger partial charge in [0.1, 0.15) is 6.04 Å². The number of benzene rings is 2. The quantitative estimate of drug-likeness (QED) is 0.610. The van der Waals surface area contributed by atoms with Crippen LogP contribution in [0, 0.1) is 0 Å². The Balaban J connectivity index is 1.79. The number of anilines is 1. The van der Waals surface area contributed by atoms with Crippen molar-refractivity contribution in [1.29, 1.82) is 0 Å². The zero-order chi connectivity index (χ0) is 21.3. The highest BCUT2D eigenvalue weighted by Gasteiger charge is 2.34. The molecule has 154 valence electrons. The monoisotopic (exact) mass is 441 g/mol. The van der Waals surface area contributed by atoms with Gasteiger partial charge in [-0.05, 0) is 34.7 Å². The van der Waals surface area contributed by atoms with E-state index in [0.717, 1.165) is 5.56 Å². The third-order valence-electron chi connectivity index (χ3n) is 4.98. The van der Waals surface area contributed by atoms with E-state index >= 15 is 0 Å². The summed E-state index contributed by atoms with van der Waals surface area (Å²) in [5.74, 6) is -1.09. The third-order valence-corrected chi connectivity index (χ3v) is 7.64. The number of nitrogens with one attached hydrogen (secondary N) is 1. The Hall–Kier alpha value is -2.97. The second-order valence-electron chi connectivity index (χ2n) is 6.95. The second-order valence-corrected chi connectivity index (χ2v) is 9.83. The Morgan fingerprint density at radius 1 is 1.13 bits per heavy atom. The summed E-state index contributed by atoms with van der Waals surface area (Å²) in [6.45, 7) is 0. The highest BCUT2D eigenvalue weighted by Crippen LogP contribution is 2.36. The van der Waals surface area contributed by atoms with Crippen LogP contribution in [0.3, 0.4) is 0 Å². The minimum atomic E-state index is -3.71. The molecule has 8 heteroatoms. The van der Waals surface area contributed by atoms with Crippen LogP contribution in [0.2, 0.25) is 0 Å². The first-order valence-electron chi connectivity index (χ1n) is 9.26. The van der Waals surface area contributed by atoms with Gasteiger partial charge in [-0.15, -0.1) is 11.3 Å². The first-order chi connectivity index (χ1) is 14.4. The van der Waals surface area contributed by atoms with E-state index in [1.165, 1.54) is 24.5 Å². The third kappa shape index (κ3) is 3.76. The molecule has 1 atom stereocenters. The minimum Gasteiger partial charge on any atom is -0.467 e. The number of esters is 1. The molecule has 0 spiro atoms. The van der Waals surface area contributed by atoms with Gasteiger partial charge < -0.3 is 10.1 Å². The highest BCUT2D eigenvalue weighted by atomic mass is 32.2. The van der Waals surface area contributed by atoms with Gasteiger partial charge in [0, 0.05) is 12.1 Å². The molecular formula is C22H19NO5S2. The number of hydrogen-bond donors (Lipinski definition) is 1. The fourth-order valence-electron chi connectivity index (χ4n) is 3.56. The van der Waals surface area contributed by atoms with Crippen LogP contribution >= 0.6 is 11.3 Å². The molecule has 6 nitrogen and oxygen atoms in total. The molecule has 1 aliphatic heterocycles. The zero-order valence-corrected chi connectivity index (χ0v) is 17.8. The first kappa shape index (κ1) is 20.3. The molecule has 3 aromatic rings. The van der Waals surface area contributed by atoms with E-state index in [9.17, 15) is 18.0 Å². The number of fused-ring (bicyclic) bond motifs is 2. The van der Waals surface area contributed by atoms with Gasteiger partial charge in [-0.3, -0.25) is 4.79 Å². The van der Waals surface area contributed by atoms with Gasteiger partial charge in [-0.25, -0.2) is 13.2 Å². The molecular weight excluding hydrogens is 422 g/mol. The van der Waals surface area contributed by atoms with Crippen molar-refractivity contribution < 1.29 is 22.7 Å². The van der Waals surface area contributed by atoms with Gasteiger partial charge >= 0.3 is 5.97 Å². The number of thiophene rings is 1. The van der Waals surface area contributed by atoms with Crippen molar-refractivity contribution >= 4 is 38.6 Å². The lowest BCUT2D eigenvalue weighted by molar-refractivity contribution is -0.141. The number of carbonyl (C=O) groups excluding carboxylic acids is 2. The number of ether oxygens (including phenoxy) is 1. The molecule has 1 unspecified atom stereocenters. The van der Waals surface area contributed by atoms with E-state index in [0.29, 0.717) is 22.5 Å². The van der Waals surface area contributed by atoms with E-state index in [1.807, 2.05) is 30.3 Å². The molecule has 1 aromatic heterocycles. The Kier molecular flexibility index (Phi) is 5.44. The van der Waals surface area contributed by atoms with E-state index < -0.39 is 21.8 Å². The van der Waals surface area contributed by atoms with Gasteiger partial charge in [0.15, 0.2) is 9.84 Å². The molecule has 0 aliphatic carbocycles. The molecule has 2 heterocycles. The molecule has 1 aliphatic rings. The molecule has 0 fully saturated rings. The molecule has 0 amide bonds. The maximum Gasteiger partial charge on any atom is 0.328 e. The summed E-state index contributed by atoms with van der Waals surface area (Å²) in [5, 5.41) is 4.78. The summed E-state index contributed by atoms with van der Waals surface area (Å²) >= 11 is 1.22. The second kappa shape index (κ2) is 8.04. The number of ketones is 1. The Morgan fingerprint density at radius 3 is 2.63 bits per heavy atom. The summed E-state index contributed by atoms with van der Waals surface area (Å²) in [7, 11) is -2.42. The normalized spacial score (nSPS) is 15.4. The topological polar surface area (TPSA) is 89.5 Å². The lowest BCUT2D eigenvalue weighted by Gasteiger charge is -2.20. The predicted octanol–water partition coefficient (Wildman–Crippen LogP) is 3.46. The van der Waals surface area contributed by atoms with Crippen molar-refractivity contribution in [3.63, 3.8) is 0 Å². The SMILES string of the molecule is COC(=O)C(Cc1ccccc1)Nc1cccc2c1C(=O)c1sccc1CS2(=O)=O. The van der Waals surface area contributed by atoms with Crippen molar-refractivity contribution in [3.05, 3.63) is 81.5 Å². The highest BCUT2D eigenvalue weighted by molar-refractivity contribution is 7.90. The van der Waals surface area contributed by atoms with Crippen LogP contribution < -0.4 is 5.32 Å². The van der Waals surface area contributed by atoms with Crippen LogP contribution in [0.4, 0.5) is 5.69 Å². The number of methoxy groups -OCH3 is 1. The van der Waals surface area contributed by atoms with Crippen molar-refractivity contribution in [1.82, 2.24) is 0 Å². The number of hydrogen-bond acceptors (Lipinski definition) is 7. The molecule has 0 bridgehead atoms. The van der Waals surface area contributed by atoms with Crippen LogP contribution in [0.5, 0.6) is 0 Å². The molecule has 1 N–H and O–H groups in total. The zero-order valence-electron chi connectivity index (χ0n) is 16.1. The average Bonchev–Trinajstić information content (AvgIpc) is 3.17. The van der Waals surface area contributed by atoms with E-state index in [2.05, 4.69) is 5.32 Å². The summed E-state index contributed by atoms with van der Waals surface area (Å²) in [6, 6.07) is 14.9. The van der Waals surface area contributed by atoms with E-state index in [4.69, 9.17) is 4.74 Å². The molecule has 4 rings (SSSR count). The van der Waals surface area contributed by atoms with Crippen LogP contribution in [0.15, 0.2) is 64.9 Å². The fourth-order valence-corrected chi connectivity index (χ4v) is 6.13. The number of rotatable bonds is 5. The first-order valence-corrected chi connectivity index (χ1v) is 11.8. The number of carbonyl (C=O) groups is 2. The van der Waals surface area contributed by atoms with Crippen molar-refractivity contribution in [2.45, 2.75) is 23.1 Å². The van der Waals surface area contributed by atoms with Crippen molar-refractivity contribution in [3.8, 4) is 0 Å². The van der Waals surface area contributed by atoms with Gasteiger partial charge in [0.25, 0.3) is 0 Å². The molecule has 2 aromatic carbocycles. The van der Waals surface area contributed by atoms with Gasteiger partial charge in [0.05, 0.1) is 28.2 Å². The maximum absolute atomic E-state index is 13.3. The van der Waals surface area contributed by atoms with Gasteiger partial charge in [-0.1, -0.05) is 36.4 Å². The van der Waals surface area contributed by atoms with E-state index in [1.54, 1.807) is 23.6 Å². The van der Waals surface area contributed by atoms with Crippen molar-refractivity contribution in [2.75, 3.05) is 12.4 Å². The van der Waals surface area contributed by atoms with Gasteiger partial charge in [0.2, 0.25) is 5.78 Å². The predicted molar refractivity (Wildman–Crippen MR) is 115 cm³/mol. The lowest BCUT2D eigenvalue weighted by atomic mass is 10.0. The smallest absolute Gasteiger partial charge is 0.328 e.